The van der Waals surface area contributed by atoms with Crippen LogP contribution < -0.4 is 9.64 Å². The second kappa shape index (κ2) is 7.64. The molecule has 2 heterocycles. The molecule has 0 aromatic heterocycles. The molecular weight excluding hydrogens is 356 g/mol. The number of benzene rings is 2. The first kappa shape index (κ1) is 18.5. The summed E-state index contributed by atoms with van der Waals surface area (Å²) in [6.45, 7) is 1.61. The average molecular weight is 380 g/mol. The highest BCUT2D eigenvalue weighted by Crippen LogP contribution is 2.33. The lowest BCUT2D eigenvalue weighted by Gasteiger charge is -2.47. The van der Waals surface area contributed by atoms with Gasteiger partial charge in [0, 0.05) is 12.2 Å². The molecule has 146 valence electrons. The number of hydrogen-bond acceptors (Lipinski definition) is 4. The molecule has 0 aliphatic carbocycles. The zero-order chi connectivity index (χ0) is 19.6. The molecule has 2 amide bonds. The number of amides is 2. The van der Waals surface area contributed by atoms with Crippen LogP contribution in [0.4, 0.5) is 5.69 Å². The van der Waals surface area contributed by atoms with E-state index in [9.17, 15) is 9.59 Å². The Labute approximate surface area is 164 Å². The van der Waals surface area contributed by atoms with Crippen molar-refractivity contribution < 1.29 is 19.1 Å². The van der Waals surface area contributed by atoms with Gasteiger partial charge in [0.05, 0.1) is 25.8 Å². The Hall–Kier alpha value is -2.86. The Bertz CT molecular complexity index is 870. The van der Waals surface area contributed by atoms with Crippen molar-refractivity contribution in [2.24, 2.45) is 0 Å². The molecule has 2 aliphatic heterocycles. The number of ether oxygens (including phenoxy) is 2. The highest BCUT2D eigenvalue weighted by atomic mass is 16.5. The van der Waals surface area contributed by atoms with Crippen LogP contribution in [0.1, 0.15) is 23.2 Å². The summed E-state index contributed by atoms with van der Waals surface area (Å²) in [6.07, 6.45) is 1.65. The van der Waals surface area contributed by atoms with Crippen LogP contribution in [0.2, 0.25) is 0 Å². The summed E-state index contributed by atoms with van der Waals surface area (Å²) in [5, 5.41) is 0. The van der Waals surface area contributed by atoms with Gasteiger partial charge in [-0.25, -0.2) is 0 Å². The van der Waals surface area contributed by atoms with Gasteiger partial charge in [0.25, 0.3) is 11.8 Å². The molecule has 0 saturated carbocycles. The normalized spacial score (nSPS) is 22.4. The predicted molar refractivity (Wildman–Crippen MR) is 106 cm³/mol. The van der Waals surface area contributed by atoms with Gasteiger partial charge in [0.2, 0.25) is 0 Å². The highest BCUT2D eigenvalue weighted by Gasteiger charge is 2.44. The van der Waals surface area contributed by atoms with E-state index in [1.54, 1.807) is 24.1 Å². The molecule has 6 heteroatoms. The van der Waals surface area contributed by atoms with Crippen LogP contribution in [0.5, 0.6) is 5.75 Å². The summed E-state index contributed by atoms with van der Waals surface area (Å²) < 4.78 is 11.4. The summed E-state index contributed by atoms with van der Waals surface area (Å²) >= 11 is 0. The average Bonchev–Trinajstić information content (AvgIpc) is 2.76. The topological polar surface area (TPSA) is 59.1 Å². The molecule has 4 rings (SSSR count). The Morgan fingerprint density at radius 3 is 2.61 bits per heavy atom. The van der Waals surface area contributed by atoms with Crippen molar-refractivity contribution in [2.75, 3.05) is 38.3 Å². The van der Waals surface area contributed by atoms with Crippen LogP contribution in [-0.4, -0.2) is 55.7 Å². The van der Waals surface area contributed by atoms with E-state index in [2.05, 4.69) is 0 Å². The van der Waals surface area contributed by atoms with Crippen molar-refractivity contribution in [2.45, 2.75) is 18.4 Å². The number of anilines is 1. The first-order valence-electron chi connectivity index (χ1n) is 9.54. The quantitative estimate of drug-likeness (QED) is 0.822. The zero-order valence-corrected chi connectivity index (χ0v) is 16.0. The van der Waals surface area contributed by atoms with Gasteiger partial charge in [-0.2, -0.15) is 0 Å². The van der Waals surface area contributed by atoms with Crippen LogP contribution in [0, 0.1) is 0 Å². The van der Waals surface area contributed by atoms with Gasteiger partial charge in [-0.3, -0.25) is 9.59 Å². The Morgan fingerprint density at radius 2 is 1.82 bits per heavy atom. The minimum atomic E-state index is -0.542. The molecule has 2 aliphatic rings. The Morgan fingerprint density at radius 1 is 1.07 bits per heavy atom. The first-order chi connectivity index (χ1) is 13.6. The minimum absolute atomic E-state index is 0.0333. The van der Waals surface area contributed by atoms with Crippen molar-refractivity contribution in [1.82, 2.24) is 4.90 Å². The number of nitrogens with zero attached hydrogens (tertiary/aromatic N) is 2. The number of carbonyl (C=O) groups is 2. The fourth-order valence-corrected chi connectivity index (χ4v) is 4.07. The second-order valence-electron chi connectivity index (χ2n) is 7.32. The van der Waals surface area contributed by atoms with E-state index in [1.807, 2.05) is 47.4 Å². The molecule has 2 aromatic rings. The third-order valence-electron chi connectivity index (χ3n) is 5.48. The third-order valence-corrected chi connectivity index (χ3v) is 5.48. The van der Waals surface area contributed by atoms with Gasteiger partial charge in [-0.1, -0.05) is 30.3 Å². The molecule has 28 heavy (non-hydrogen) atoms. The largest absolute Gasteiger partial charge is 0.496 e. The van der Waals surface area contributed by atoms with Crippen LogP contribution in [0.15, 0.2) is 54.6 Å². The highest BCUT2D eigenvalue weighted by molar-refractivity contribution is 5.97. The SMILES string of the molecule is COc1ccccc1C(=O)N1CCCC2(C1)CN(c1ccccc1)C(=O)CO2. The summed E-state index contributed by atoms with van der Waals surface area (Å²) in [5.74, 6) is 0.450. The fraction of sp³-hybridized carbons (Fsp3) is 0.364. The lowest BCUT2D eigenvalue weighted by atomic mass is 9.90. The third kappa shape index (κ3) is 3.47. The monoisotopic (exact) mass is 380 g/mol. The molecule has 2 saturated heterocycles. The molecule has 0 radical (unpaired) electrons. The molecule has 0 N–H and O–H groups in total. The summed E-state index contributed by atoms with van der Waals surface area (Å²) in [6, 6.07) is 16.9. The number of piperidine rings is 1. The summed E-state index contributed by atoms with van der Waals surface area (Å²) in [4.78, 5) is 29.2. The maximum absolute atomic E-state index is 13.1. The van der Waals surface area contributed by atoms with Crippen molar-refractivity contribution >= 4 is 17.5 Å². The van der Waals surface area contributed by atoms with E-state index in [1.165, 1.54) is 0 Å². The fourth-order valence-electron chi connectivity index (χ4n) is 4.07. The maximum Gasteiger partial charge on any atom is 0.257 e. The zero-order valence-electron chi connectivity index (χ0n) is 16.0. The van der Waals surface area contributed by atoms with Crippen LogP contribution in [-0.2, 0) is 9.53 Å². The van der Waals surface area contributed by atoms with E-state index in [0.29, 0.717) is 30.9 Å². The lowest BCUT2D eigenvalue weighted by molar-refractivity contribution is -0.144. The van der Waals surface area contributed by atoms with E-state index < -0.39 is 5.60 Å². The van der Waals surface area contributed by atoms with Crippen molar-refractivity contribution in [3.63, 3.8) is 0 Å². The van der Waals surface area contributed by atoms with Gasteiger partial charge >= 0.3 is 0 Å². The van der Waals surface area contributed by atoms with Gasteiger partial charge < -0.3 is 19.3 Å². The molecule has 0 bridgehead atoms. The number of rotatable bonds is 3. The molecular formula is C22H24N2O4. The molecule has 1 spiro atoms. The predicted octanol–water partition coefficient (Wildman–Crippen LogP) is 2.73. The van der Waals surface area contributed by atoms with Crippen LogP contribution >= 0.6 is 0 Å². The first-order valence-corrected chi connectivity index (χ1v) is 9.54. The van der Waals surface area contributed by atoms with Gasteiger partial charge in [-0.15, -0.1) is 0 Å². The lowest BCUT2D eigenvalue weighted by Crippen LogP contribution is -2.62. The van der Waals surface area contributed by atoms with E-state index in [4.69, 9.17) is 9.47 Å². The Balaban J connectivity index is 1.56. The Kier molecular flexibility index (Phi) is 5.05. The number of methoxy groups -OCH3 is 1. The van der Waals surface area contributed by atoms with Gasteiger partial charge in [0.15, 0.2) is 0 Å². The van der Waals surface area contributed by atoms with Gasteiger partial charge in [-0.05, 0) is 37.1 Å². The number of para-hydroxylation sites is 2. The van der Waals surface area contributed by atoms with E-state index >= 15 is 0 Å². The van der Waals surface area contributed by atoms with Crippen molar-refractivity contribution in [3.8, 4) is 5.75 Å². The number of hydrogen-bond donors (Lipinski definition) is 0. The second-order valence-corrected chi connectivity index (χ2v) is 7.32. The number of morpholine rings is 1. The summed E-state index contributed by atoms with van der Waals surface area (Å²) in [5.41, 5.74) is 0.872. The molecule has 2 fully saturated rings. The number of carbonyl (C=O) groups excluding carboxylic acids is 2. The van der Waals surface area contributed by atoms with E-state index in [-0.39, 0.29) is 18.4 Å². The maximum atomic E-state index is 13.1. The molecule has 1 atom stereocenters. The summed E-state index contributed by atoms with van der Waals surface area (Å²) in [7, 11) is 1.57. The van der Waals surface area contributed by atoms with Gasteiger partial charge in [0.1, 0.15) is 18.0 Å². The molecule has 2 aromatic carbocycles. The number of likely N-dealkylation sites (tertiary alicyclic amines) is 1. The van der Waals surface area contributed by atoms with Crippen LogP contribution in [0.25, 0.3) is 0 Å². The smallest absolute Gasteiger partial charge is 0.257 e. The molecule has 1 unspecified atom stereocenters. The van der Waals surface area contributed by atoms with Crippen LogP contribution in [0.3, 0.4) is 0 Å². The van der Waals surface area contributed by atoms with E-state index in [0.717, 1.165) is 18.5 Å². The molecule has 6 nitrogen and oxygen atoms in total. The minimum Gasteiger partial charge on any atom is -0.496 e. The van der Waals surface area contributed by atoms with Crippen molar-refractivity contribution in [1.29, 1.82) is 0 Å². The van der Waals surface area contributed by atoms with Crippen molar-refractivity contribution in [3.05, 3.63) is 60.2 Å². The standard InChI is InChI=1S/C22H24N2O4/c1-27-19-11-6-5-10-18(19)21(26)23-13-7-12-22(15-23)16-24(20(25)14-28-22)17-8-3-2-4-9-17/h2-6,8-11H,7,12-16H2,1H3.